The van der Waals surface area contributed by atoms with Crippen LogP contribution in [0.2, 0.25) is 0 Å². The van der Waals surface area contributed by atoms with Crippen LogP contribution in [0.4, 0.5) is 0 Å². The lowest BCUT2D eigenvalue weighted by Crippen LogP contribution is -2.29. The second-order valence-corrected chi connectivity index (χ2v) is 7.66. The van der Waals surface area contributed by atoms with E-state index in [0.717, 1.165) is 41.5 Å². The second kappa shape index (κ2) is 7.70. The number of benzene rings is 1. The van der Waals surface area contributed by atoms with Gasteiger partial charge in [-0.25, -0.2) is 0 Å². The molecule has 1 aromatic carbocycles. The molecule has 1 aliphatic rings. The van der Waals surface area contributed by atoms with Crippen LogP contribution in [0.1, 0.15) is 39.5 Å². The van der Waals surface area contributed by atoms with Gasteiger partial charge >= 0.3 is 0 Å². The molecule has 3 heteroatoms. The molecule has 0 bridgehead atoms. The van der Waals surface area contributed by atoms with Gasteiger partial charge in [-0.1, -0.05) is 35.8 Å². The van der Waals surface area contributed by atoms with E-state index in [1.165, 1.54) is 12.8 Å². The van der Waals surface area contributed by atoms with E-state index >= 15 is 0 Å². The van der Waals surface area contributed by atoms with Crippen LogP contribution in [0.3, 0.4) is 0 Å². The molecule has 20 heavy (non-hydrogen) atoms. The molecule has 112 valence electrons. The Balaban J connectivity index is 1.80. The van der Waals surface area contributed by atoms with Crippen LogP contribution in [-0.4, -0.2) is 12.0 Å². The highest BCUT2D eigenvalue weighted by atomic mass is 79.9. The first-order valence-electron chi connectivity index (χ1n) is 7.58. The summed E-state index contributed by atoms with van der Waals surface area (Å²) in [5, 5.41) is 0.330. The number of rotatable bonds is 5. The zero-order valence-electron chi connectivity index (χ0n) is 12.3. The summed E-state index contributed by atoms with van der Waals surface area (Å²) < 4.78 is 6.90. The van der Waals surface area contributed by atoms with E-state index in [0.29, 0.717) is 11.3 Å². The summed E-state index contributed by atoms with van der Waals surface area (Å²) in [6.07, 6.45) is 4.76. The highest BCUT2D eigenvalue weighted by Crippen LogP contribution is 2.38. The van der Waals surface area contributed by atoms with E-state index in [2.05, 4.69) is 29.8 Å². The molecule has 0 N–H and O–H groups in total. The van der Waals surface area contributed by atoms with Gasteiger partial charge in [0.15, 0.2) is 0 Å². The van der Waals surface area contributed by atoms with E-state index in [9.17, 15) is 0 Å². The van der Waals surface area contributed by atoms with Crippen LogP contribution >= 0.6 is 27.5 Å². The Morgan fingerprint density at radius 3 is 2.85 bits per heavy atom. The first-order chi connectivity index (χ1) is 9.56. The highest BCUT2D eigenvalue weighted by molar-refractivity contribution is 9.10. The maximum absolute atomic E-state index is 6.50. The molecule has 1 aliphatic carbocycles. The van der Waals surface area contributed by atoms with Gasteiger partial charge in [-0.05, 0) is 61.6 Å². The summed E-state index contributed by atoms with van der Waals surface area (Å²) >= 11 is 9.96. The number of hydrogen-bond acceptors (Lipinski definition) is 1. The van der Waals surface area contributed by atoms with Gasteiger partial charge in [-0.3, -0.25) is 0 Å². The Labute approximate surface area is 136 Å². The van der Waals surface area contributed by atoms with E-state index in [1.807, 2.05) is 24.3 Å². The number of halogens is 2. The fourth-order valence-corrected chi connectivity index (χ4v) is 3.79. The average molecular weight is 360 g/mol. The lowest BCUT2D eigenvalue weighted by Gasteiger charge is -2.35. The Bertz CT molecular complexity index is 421. The van der Waals surface area contributed by atoms with Crippen LogP contribution in [-0.2, 0) is 0 Å². The van der Waals surface area contributed by atoms with Crippen molar-refractivity contribution in [3.05, 3.63) is 28.7 Å². The van der Waals surface area contributed by atoms with Gasteiger partial charge in [0, 0.05) is 9.85 Å². The maximum Gasteiger partial charge on any atom is 0.120 e. The molecule has 0 aromatic heterocycles. The maximum atomic E-state index is 6.50. The molecular formula is C17H24BrClO. The molecular weight excluding hydrogens is 336 g/mol. The minimum atomic E-state index is 0.330. The van der Waals surface area contributed by atoms with Crippen LogP contribution in [0.25, 0.3) is 0 Å². The van der Waals surface area contributed by atoms with E-state index in [1.54, 1.807) is 0 Å². The predicted octanol–water partition coefficient (Wildman–Crippen LogP) is 5.90. The minimum Gasteiger partial charge on any atom is -0.494 e. The lowest BCUT2D eigenvalue weighted by atomic mass is 9.75. The summed E-state index contributed by atoms with van der Waals surface area (Å²) in [4.78, 5) is 0. The molecule has 1 fully saturated rings. The van der Waals surface area contributed by atoms with Gasteiger partial charge in [-0.15, -0.1) is 11.6 Å². The minimum absolute atomic E-state index is 0.330. The van der Waals surface area contributed by atoms with Gasteiger partial charge in [0.05, 0.1) is 6.61 Å². The van der Waals surface area contributed by atoms with Crippen LogP contribution < -0.4 is 4.74 Å². The van der Waals surface area contributed by atoms with Crippen molar-refractivity contribution in [2.75, 3.05) is 6.61 Å². The highest BCUT2D eigenvalue weighted by Gasteiger charge is 2.30. The summed E-state index contributed by atoms with van der Waals surface area (Å²) in [7, 11) is 0. The standard InChI is InChI=1S/C17H24BrClO/c1-12(2)13-6-7-17(19)14(10-13)8-9-20-16-5-3-4-15(18)11-16/h3-5,11-14,17H,6-10H2,1-2H3. The fraction of sp³-hybridized carbons (Fsp3) is 0.647. The van der Waals surface area contributed by atoms with Crippen molar-refractivity contribution in [1.29, 1.82) is 0 Å². The first kappa shape index (κ1) is 16.2. The van der Waals surface area contributed by atoms with Gasteiger partial charge in [0.2, 0.25) is 0 Å². The van der Waals surface area contributed by atoms with E-state index in [4.69, 9.17) is 16.3 Å². The normalized spacial score (nSPS) is 26.8. The topological polar surface area (TPSA) is 9.23 Å². The zero-order chi connectivity index (χ0) is 14.5. The second-order valence-electron chi connectivity index (χ2n) is 6.19. The molecule has 0 spiro atoms. The third kappa shape index (κ3) is 4.66. The molecule has 1 nitrogen and oxygen atoms in total. The van der Waals surface area contributed by atoms with Gasteiger partial charge in [0.25, 0.3) is 0 Å². The SMILES string of the molecule is CC(C)C1CCC(Cl)C(CCOc2cccc(Br)c2)C1. The molecule has 0 aliphatic heterocycles. The van der Waals surface area contributed by atoms with Crippen molar-refractivity contribution in [2.24, 2.45) is 17.8 Å². The lowest BCUT2D eigenvalue weighted by molar-refractivity contribution is 0.185. The number of hydrogen-bond donors (Lipinski definition) is 0. The van der Waals surface area contributed by atoms with E-state index in [-0.39, 0.29) is 0 Å². The van der Waals surface area contributed by atoms with Gasteiger partial charge < -0.3 is 4.74 Å². The summed E-state index contributed by atoms with van der Waals surface area (Å²) in [6.45, 7) is 5.41. The third-order valence-corrected chi connectivity index (χ3v) is 5.49. The first-order valence-corrected chi connectivity index (χ1v) is 8.81. The largest absolute Gasteiger partial charge is 0.494 e. The van der Waals surface area contributed by atoms with Crippen LogP contribution in [0, 0.1) is 17.8 Å². The third-order valence-electron chi connectivity index (χ3n) is 4.43. The van der Waals surface area contributed by atoms with Crippen molar-refractivity contribution in [3.63, 3.8) is 0 Å². The smallest absolute Gasteiger partial charge is 0.120 e. The molecule has 0 radical (unpaired) electrons. The molecule has 2 rings (SSSR count). The van der Waals surface area contributed by atoms with Crippen molar-refractivity contribution in [2.45, 2.75) is 44.9 Å². The monoisotopic (exact) mass is 358 g/mol. The van der Waals surface area contributed by atoms with Crippen molar-refractivity contribution >= 4 is 27.5 Å². The summed E-state index contributed by atoms with van der Waals surface area (Å²) in [6, 6.07) is 8.02. The van der Waals surface area contributed by atoms with Gasteiger partial charge in [-0.2, -0.15) is 0 Å². The molecule has 3 unspecified atom stereocenters. The molecule has 0 amide bonds. The number of alkyl halides is 1. The van der Waals surface area contributed by atoms with E-state index < -0.39 is 0 Å². The van der Waals surface area contributed by atoms with Crippen LogP contribution in [0.5, 0.6) is 5.75 Å². The zero-order valence-corrected chi connectivity index (χ0v) is 14.7. The molecule has 0 saturated heterocycles. The Kier molecular flexibility index (Phi) is 6.22. The van der Waals surface area contributed by atoms with Crippen molar-refractivity contribution in [1.82, 2.24) is 0 Å². The molecule has 0 heterocycles. The molecule has 3 atom stereocenters. The average Bonchev–Trinajstić information content (AvgIpc) is 2.40. The Morgan fingerprint density at radius 2 is 2.15 bits per heavy atom. The molecule has 1 saturated carbocycles. The predicted molar refractivity (Wildman–Crippen MR) is 89.6 cm³/mol. The molecule has 1 aromatic rings. The van der Waals surface area contributed by atoms with Crippen molar-refractivity contribution < 1.29 is 4.74 Å². The summed E-state index contributed by atoms with van der Waals surface area (Å²) in [5.41, 5.74) is 0. The Morgan fingerprint density at radius 1 is 1.35 bits per heavy atom. The van der Waals surface area contributed by atoms with Crippen LogP contribution in [0.15, 0.2) is 28.7 Å². The Hall–Kier alpha value is -0.210. The summed E-state index contributed by atoms with van der Waals surface area (Å²) in [5.74, 6) is 3.14. The van der Waals surface area contributed by atoms with Crippen molar-refractivity contribution in [3.8, 4) is 5.75 Å². The van der Waals surface area contributed by atoms with Gasteiger partial charge in [0.1, 0.15) is 5.75 Å². The number of ether oxygens (including phenoxy) is 1. The fourth-order valence-electron chi connectivity index (χ4n) is 3.05. The quantitative estimate of drug-likeness (QED) is 0.595.